The lowest BCUT2D eigenvalue weighted by molar-refractivity contribution is 0.275. The van der Waals surface area contributed by atoms with Crippen molar-refractivity contribution < 1.29 is 8.85 Å². The van der Waals surface area contributed by atoms with E-state index in [9.17, 15) is 0 Å². The molecule has 6 nitrogen and oxygen atoms in total. The zero-order chi connectivity index (χ0) is 20.2. The highest BCUT2D eigenvalue weighted by Gasteiger charge is 2.48. The first-order valence-electron chi connectivity index (χ1n) is 9.66. The summed E-state index contributed by atoms with van der Waals surface area (Å²) in [6.07, 6.45) is 3.53. The van der Waals surface area contributed by atoms with E-state index in [0.717, 1.165) is 36.7 Å². The number of rotatable bonds is 4. The molecule has 0 radical (unpaired) electrons. The van der Waals surface area contributed by atoms with Crippen molar-refractivity contribution in [1.82, 2.24) is 10.0 Å². The normalized spacial score (nSPS) is 19.2. The van der Waals surface area contributed by atoms with Gasteiger partial charge >= 0.3 is 8.56 Å². The van der Waals surface area contributed by atoms with E-state index in [0.29, 0.717) is 0 Å². The minimum Gasteiger partial charge on any atom is -0.499 e. The van der Waals surface area contributed by atoms with E-state index < -0.39 is 8.56 Å². The van der Waals surface area contributed by atoms with Crippen molar-refractivity contribution >= 4 is 20.4 Å². The van der Waals surface area contributed by atoms with Gasteiger partial charge in [0.15, 0.2) is 11.8 Å². The molecule has 0 bridgehead atoms. The molecule has 0 unspecified atom stereocenters. The van der Waals surface area contributed by atoms with Crippen molar-refractivity contribution in [2.75, 3.05) is 28.2 Å². The van der Waals surface area contributed by atoms with Gasteiger partial charge in [0.2, 0.25) is 0 Å². The molecular weight excluding hydrogens is 344 g/mol. The van der Waals surface area contributed by atoms with Crippen molar-refractivity contribution in [2.24, 2.45) is 21.0 Å². The van der Waals surface area contributed by atoms with Crippen LogP contribution in [0, 0.1) is 10.8 Å². The Kier molecular flexibility index (Phi) is 7.57. The lowest BCUT2D eigenvalue weighted by Gasteiger charge is -2.39. The molecular formula is C19H40N4O2Si. The van der Waals surface area contributed by atoms with Crippen LogP contribution in [0.1, 0.15) is 60.8 Å². The van der Waals surface area contributed by atoms with Gasteiger partial charge in [-0.25, -0.2) is 0 Å². The smallest absolute Gasteiger partial charge is 0.462 e. The zero-order valence-corrected chi connectivity index (χ0v) is 19.6. The molecule has 0 spiro atoms. The van der Waals surface area contributed by atoms with E-state index in [-0.39, 0.29) is 10.8 Å². The molecule has 1 aliphatic rings. The first-order valence-corrected chi connectivity index (χ1v) is 11.9. The summed E-state index contributed by atoms with van der Waals surface area (Å²) >= 11 is 0. The fraction of sp³-hybridized carbons (Fsp3) is 0.895. The Bertz CT molecular complexity index is 471. The van der Waals surface area contributed by atoms with Crippen LogP contribution in [0.4, 0.5) is 0 Å². The maximum Gasteiger partial charge on any atom is 0.462 e. The minimum absolute atomic E-state index is 0.175. The van der Waals surface area contributed by atoms with E-state index in [1.165, 1.54) is 6.42 Å². The van der Waals surface area contributed by atoms with Crippen LogP contribution in [-0.2, 0) is 8.85 Å². The second kappa shape index (κ2) is 8.63. The number of hydrogen-bond acceptors (Lipinski definition) is 6. The third-order valence-electron chi connectivity index (χ3n) is 4.05. The van der Waals surface area contributed by atoms with Gasteiger partial charge in [0.25, 0.3) is 0 Å². The molecule has 152 valence electrons. The van der Waals surface area contributed by atoms with E-state index in [1.54, 1.807) is 0 Å². The van der Waals surface area contributed by atoms with Crippen molar-refractivity contribution in [3.05, 3.63) is 0 Å². The molecule has 0 aliphatic carbocycles. The SMILES string of the molecule is CN(C)/N=C(/O[Si]1(O/C(=N/N(C)C)C(C)(C)C)CCCCC1)C(C)(C)C. The topological polar surface area (TPSA) is 49.7 Å². The second-order valence-electron chi connectivity index (χ2n) is 9.68. The molecule has 0 amide bonds. The highest BCUT2D eigenvalue weighted by molar-refractivity contribution is 6.70. The predicted octanol–water partition coefficient (Wildman–Crippen LogP) is 4.49. The summed E-state index contributed by atoms with van der Waals surface area (Å²) in [5.74, 6) is 1.52. The Labute approximate surface area is 161 Å². The molecule has 26 heavy (non-hydrogen) atoms. The molecule has 7 heteroatoms. The van der Waals surface area contributed by atoms with Crippen molar-refractivity contribution in [3.63, 3.8) is 0 Å². The Morgan fingerprint density at radius 2 is 1.04 bits per heavy atom. The number of hydrazone groups is 2. The van der Waals surface area contributed by atoms with Crippen LogP contribution in [-0.4, -0.2) is 58.6 Å². The van der Waals surface area contributed by atoms with Crippen LogP contribution < -0.4 is 0 Å². The molecule has 1 fully saturated rings. The highest BCUT2D eigenvalue weighted by Crippen LogP contribution is 2.35. The monoisotopic (exact) mass is 384 g/mol. The van der Waals surface area contributed by atoms with E-state index in [2.05, 4.69) is 51.7 Å². The van der Waals surface area contributed by atoms with E-state index in [1.807, 2.05) is 38.2 Å². The summed E-state index contributed by atoms with van der Waals surface area (Å²) in [4.78, 5) is 0. The zero-order valence-electron chi connectivity index (χ0n) is 18.6. The van der Waals surface area contributed by atoms with Crippen molar-refractivity contribution in [1.29, 1.82) is 0 Å². The fourth-order valence-electron chi connectivity index (χ4n) is 2.68. The summed E-state index contributed by atoms with van der Waals surface area (Å²) in [5, 5.41) is 12.9. The van der Waals surface area contributed by atoms with Crippen LogP contribution in [0.3, 0.4) is 0 Å². The largest absolute Gasteiger partial charge is 0.499 e. The van der Waals surface area contributed by atoms with Gasteiger partial charge in [-0.05, 0) is 12.8 Å². The van der Waals surface area contributed by atoms with Crippen LogP contribution in [0.2, 0.25) is 12.1 Å². The van der Waals surface area contributed by atoms with E-state index in [4.69, 9.17) is 8.85 Å². The van der Waals surface area contributed by atoms with Gasteiger partial charge in [0.05, 0.1) is 0 Å². The van der Waals surface area contributed by atoms with Crippen LogP contribution >= 0.6 is 0 Å². The Balaban J connectivity index is 3.25. The Morgan fingerprint density at radius 1 is 0.692 bits per heavy atom. The van der Waals surface area contributed by atoms with Crippen molar-refractivity contribution in [2.45, 2.75) is 72.9 Å². The van der Waals surface area contributed by atoms with Crippen LogP contribution in [0.15, 0.2) is 10.2 Å². The molecule has 1 rings (SSSR count). The molecule has 0 N–H and O–H groups in total. The van der Waals surface area contributed by atoms with Gasteiger partial charge in [-0.3, -0.25) is 10.0 Å². The Morgan fingerprint density at radius 3 is 1.31 bits per heavy atom. The second-order valence-corrected chi connectivity index (χ2v) is 12.9. The van der Waals surface area contributed by atoms with Gasteiger partial charge in [0, 0.05) is 51.1 Å². The fourth-order valence-corrected chi connectivity index (χ4v) is 6.35. The predicted molar refractivity (Wildman–Crippen MR) is 113 cm³/mol. The summed E-state index contributed by atoms with van der Waals surface area (Å²) in [6.45, 7) is 12.8. The maximum absolute atomic E-state index is 6.69. The maximum atomic E-state index is 6.69. The Hall–Kier alpha value is -1.24. The molecule has 0 atom stereocenters. The van der Waals surface area contributed by atoms with Crippen LogP contribution in [0.25, 0.3) is 0 Å². The molecule has 0 aromatic rings. The van der Waals surface area contributed by atoms with E-state index >= 15 is 0 Å². The molecule has 0 aromatic heterocycles. The first kappa shape index (κ1) is 22.8. The molecule has 1 aliphatic heterocycles. The first-order chi connectivity index (χ1) is 11.8. The third kappa shape index (κ3) is 7.17. The summed E-state index contributed by atoms with van der Waals surface area (Å²) in [7, 11) is 5.24. The summed E-state index contributed by atoms with van der Waals surface area (Å²) in [5.41, 5.74) is -0.350. The van der Waals surface area contributed by atoms with Gasteiger partial charge in [-0.1, -0.05) is 48.0 Å². The van der Waals surface area contributed by atoms with Gasteiger partial charge in [0.1, 0.15) is 0 Å². The lowest BCUT2D eigenvalue weighted by atomic mass is 9.97. The van der Waals surface area contributed by atoms with Gasteiger partial charge in [-0.15, -0.1) is 10.2 Å². The van der Waals surface area contributed by atoms with Gasteiger partial charge < -0.3 is 8.85 Å². The summed E-state index contributed by atoms with van der Waals surface area (Å²) in [6, 6.07) is 1.97. The number of hydrogen-bond donors (Lipinski definition) is 0. The lowest BCUT2D eigenvalue weighted by Crippen LogP contribution is -2.51. The highest BCUT2D eigenvalue weighted by atomic mass is 28.4. The third-order valence-corrected chi connectivity index (χ3v) is 7.41. The average molecular weight is 385 g/mol. The average Bonchev–Trinajstić information content (AvgIpc) is 2.44. The molecule has 0 saturated carbocycles. The van der Waals surface area contributed by atoms with Gasteiger partial charge in [-0.2, -0.15) is 0 Å². The standard InChI is InChI=1S/C19H40N4O2Si/c1-18(2,3)16(20-22(7)8)24-26(14-12-11-13-15-26)25-17(19(4,5)6)21-23(9)10/h11-15H2,1-10H3/b20-16+,21-17+. The van der Waals surface area contributed by atoms with Crippen molar-refractivity contribution in [3.8, 4) is 0 Å². The summed E-state index contributed by atoms with van der Waals surface area (Å²) < 4.78 is 13.4. The number of nitrogens with zero attached hydrogens (tertiary/aromatic N) is 4. The minimum atomic E-state index is -2.48. The quantitative estimate of drug-likeness (QED) is 0.310. The molecule has 1 saturated heterocycles. The molecule has 0 aromatic carbocycles. The van der Waals surface area contributed by atoms with Crippen LogP contribution in [0.5, 0.6) is 0 Å². The molecule has 1 heterocycles.